The second-order valence-corrected chi connectivity index (χ2v) is 6.46. The summed E-state index contributed by atoms with van der Waals surface area (Å²) in [6.45, 7) is 0. The van der Waals surface area contributed by atoms with Crippen molar-refractivity contribution in [1.29, 1.82) is 0 Å². The maximum absolute atomic E-state index is 12.0. The lowest BCUT2D eigenvalue weighted by Gasteiger charge is -2.18. The van der Waals surface area contributed by atoms with Crippen molar-refractivity contribution in [3.05, 3.63) is 29.8 Å². The zero-order valence-corrected chi connectivity index (χ0v) is 13.9. The molecule has 0 aliphatic heterocycles. The zero-order chi connectivity index (χ0) is 17.5. The molecule has 0 aliphatic carbocycles. The Balaban J connectivity index is 2.66. The predicted molar refractivity (Wildman–Crippen MR) is 84.7 cm³/mol. The summed E-state index contributed by atoms with van der Waals surface area (Å²) in [4.78, 5) is 23.6. The Morgan fingerprint density at radius 1 is 1.26 bits per heavy atom. The number of benzene rings is 1. The summed E-state index contributed by atoms with van der Waals surface area (Å²) in [6.07, 6.45) is -2.78. The fourth-order valence-electron chi connectivity index (χ4n) is 1.76. The molecule has 0 radical (unpaired) electrons. The average Bonchev–Trinajstić information content (AvgIpc) is 2.45. The van der Waals surface area contributed by atoms with Gasteiger partial charge in [0.25, 0.3) is 0 Å². The molecule has 0 bridgehead atoms. The fourth-order valence-corrected chi connectivity index (χ4v) is 2.77. The summed E-state index contributed by atoms with van der Waals surface area (Å²) < 4.78 is 36.1. The summed E-state index contributed by atoms with van der Waals surface area (Å²) >= 11 is 1.96. The number of amides is 1. The number of alkyl halides is 3. The highest BCUT2D eigenvalue weighted by Gasteiger charge is 2.27. The van der Waals surface area contributed by atoms with Crippen LogP contribution in [0.4, 0.5) is 13.2 Å². The molecule has 9 heteroatoms. The third-order valence-corrected chi connectivity index (χ3v) is 4.47. The van der Waals surface area contributed by atoms with Gasteiger partial charge >= 0.3 is 12.1 Å². The number of halogens is 3. The minimum Gasteiger partial charge on any atom is -0.481 e. The number of hydrogen-bond acceptors (Lipinski definition) is 4. The molecule has 0 fully saturated rings. The number of aliphatic carboxylic acids is 1. The van der Waals surface area contributed by atoms with Gasteiger partial charge in [-0.1, -0.05) is 12.1 Å². The van der Waals surface area contributed by atoms with Crippen molar-refractivity contribution in [3.8, 4) is 0 Å². The van der Waals surface area contributed by atoms with Crippen LogP contribution in [0.2, 0.25) is 0 Å². The molecule has 1 atom stereocenters. The first-order chi connectivity index (χ1) is 10.7. The molecule has 2 N–H and O–H groups in total. The molecular weight excluding hydrogens is 351 g/mol. The first kappa shape index (κ1) is 19.7. The first-order valence-corrected chi connectivity index (χ1v) is 8.89. The van der Waals surface area contributed by atoms with E-state index < -0.39 is 29.8 Å². The van der Waals surface area contributed by atoms with Gasteiger partial charge in [-0.15, -0.1) is 23.5 Å². The summed E-state index contributed by atoms with van der Waals surface area (Å²) in [5, 5.41) is 11.4. The lowest BCUT2D eigenvalue weighted by molar-refractivity contribution is -0.137. The van der Waals surface area contributed by atoms with Gasteiger partial charge in [-0.2, -0.15) is 13.2 Å². The summed E-state index contributed by atoms with van der Waals surface area (Å²) in [5.41, 5.74) is 0.597. The standard InChI is InChI=1S/C14H16F3NO3S2/c1-22-10-4-2-9(3-5-10)11(6-13(20)21)18-12(19)7-23-8-14(15,16)17/h2-5,11H,6-8H2,1H3,(H,18,19)(H,20,21). The predicted octanol–water partition coefficient (Wildman–Crippen LogP) is 3.34. The average molecular weight is 367 g/mol. The minimum absolute atomic E-state index is 0.339. The molecule has 0 aliphatic rings. The highest BCUT2D eigenvalue weighted by molar-refractivity contribution is 8.00. The number of carboxylic acids is 1. The largest absolute Gasteiger partial charge is 0.481 e. The van der Waals surface area contributed by atoms with Crippen LogP contribution in [0.15, 0.2) is 29.2 Å². The SMILES string of the molecule is CSc1ccc(C(CC(=O)O)NC(=O)CSCC(F)(F)F)cc1. The lowest BCUT2D eigenvalue weighted by Crippen LogP contribution is -2.32. The Bertz CT molecular complexity index is 535. The van der Waals surface area contributed by atoms with E-state index in [1.165, 1.54) is 11.8 Å². The van der Waals surface area contributed by atoms with Crippen LogP contribution in [0.25, 0.3) is 0 Å². The number of thioether (sulfide) groups is 2. The van der Waals surface area contributed by atoms with Gasteiger partial charge in [-0.25, -0.2) is 0 Å². The Kier molecular flexibility index (Phi) is 7.77. The van der Waals surface area contributed by atoms with Crippen molar-refractivity contribution >= 4 is 35.4 Å². The van der Waals surface area contributed by atoms with Gasteiger partial charge in [-0.3, -0.25) is 9.59 Å². The molecule has 0 aromatic heterocycles. The molecule has 128 valence electrons. The van der Waals surface area contributed by atoms with E-state index in [2.05, 4.69) is 5.32 Å². The summed E-state index contributed by atoms with van der Waals surface area (Å²) in [5.74, 6) is -3.23. The van der Waals surface area contributed by atoms with Gasteiger partial charge in [-0.05, 0) is 24.0 Å². The number of carbonyl (C=O) groups is 2. The third-order valence-electron chi connectivity index (χ3n) is 2.73. The maximum atomic E-state index is 12.0. The van der Waals surface area contributed by atoms with Gasteiger partial charge in [0.05, 0.1) is 24.0 Å². The topological polar surface area (TPSA) is 66.4 Å². The van der Waals surface area contributed by atoms with Crippen LogP contribution >= 0.6 is 23.5 Å². The van der Waals surface area contributed by atoms with Crippen LogP contribution in [-0.2, 0) is 9.59 Å². The normalized spacial score (nSPS) is 12.7. The molecule has 1 aromatic rings. The molecule has 4 nitrogen and oxygen atoms in total. The maximum Gasteiger partial charge on any atom is 0.397 e. The second-order valence-electron chi connectivity index (χ2n) is 4.60. The third kappa shape index (κ3) is 8.17. The molecule has 0 saturated carbocycles. The van der Waals surface area contributed by atoms with Crippen molar-refractivity contribution in [1.82, 2.24) is 5.32 Å². The van der Waals surface area contributed by atoms with E-state index in [1.54, 1.807) is 24.3 Å². The summed E-state index contributed by atoms with van der Waals surface area (Å²) in [7, 11) is 0. The van der Waals surface area contributed by atoms with Crippen molar-refractivity contribution in [2.45, 2.75) is 23.5 Å². The Hall–Kier alpha value is -1.35. The number of hydrogen-bond donors (Lipinski definition) is 2. The van der Waals surface area contributed by atoms with Crippen LogP contribution in [0.5, 0.6) is 0 Å². The smallest absolute Gasteiger partial charge is 0.397 e. The lowest BCUT2D eigenvalue weighted by atomic mass is 10.0. The van der Waals surface area contributed by atoms with Crippen molar-refractivity contribution in [2.75, 3.05) is 17.8 Å². The number of carboxylic acid groups (broad SMARTS) is 1. The Morgan fingerprint density at radius 2 is 1.87 bits per heavy atom. The van der Waals surface area contributed by atoms with E-state index in [0.29, 0.717) is 17.3 Å². The molecular formula is C14H16F3NO3S2. The van der Waals surface area contributed by atoms with Crippen LogP contribution in [0.3, 0.4) is 0 Å². The quantitative estimate of drug-likeness (QED) is 0.690. The highest BCUT2D eigenvalue weighted by Crippen LogP contribution is 2.23. The molecule has 0 spiro atoms. The van der Waals surface area contributed by atoms with E-state index >= 15 is 0 Å². The van der Waals surface area contributed by atoms with Gasteiger partial charge < -0.3 is 10.4 Å². The molecule has 23 heavy (non-hydrogen) atoms. The van der Waals surface area contributed by atoms with E-state index in [4.69, 9.17) is 5.11 Å². The van der Waals surface area contributed by atoms with E-state index in [9.17, 15) is 22.8 Å². The molecule has 1 unspecified atom stereocenters. The van der Waals surface area contributed by atoms with Crippen LogP contribution < -0.4 is 5.32 Å². The minimum atomic E-state index is -4.33. The van der Waals surface area contributed by atoms with E-state index in [-0.39, 0.29) is 12.2 Å². The molecule has 0 saturated heterocycles. The van der Waals surface area contributed by atoms with Crippen molar-refractivity contribution < 1.29 is 27.9 Å². The zero-order valence-electron chi connectivity index (χ0n) is 12.2. The highest BCUT2D eigenvalue weighted by atomic mass is 32.2. The van der Waals surface area contributed by atoms with Crippen molar-refractivity contribution in [2.24, 2.45) is 0 Å². The van der Waals surface area contributed by atoms with Gasteiger partial charge in [0.15, 0.2) is 0 Å². The number of rotatable bonds is 8. The number of nitrogens with one attached hydrogen (secondary N) is 1. The summed E-state index contributed by atoms with van der Waals surface area (Å²) in [6, 6.07) is 6.20. The molecule has 0 heterocycles. The number of carbonyl (C=O) groups excluding carboxylic acids is 1. The van der Waals surface area contributed by atoms with E-state index in [1.807, 2.05) is 6.26 Å². The van der Waals surface area contributed by atoms with Crippen molar-refractivity contribution in [3.63, 3.8) is 0 Å². The fraction of sp³-hybridized carbons (Fsp3) is 0.429. The Labute approximate surface area is 140 Å². The van der Waals surface area contributed by atoms with E-state index in [0.717, 1.165) is 4.90 Å². The van der Waals surface area contributed by atoms with Gasteiger partial charge in [0.2, 0.25) is 5.91 Å². The van der Waals surface area contributed by atoms with Gasteiger partial charge in [0.1, 0.15) is 0 Å². The molecule has 1 amide bonds. The molecule has 1 rings (SSSR count). The molecule has 1 aromatic carbocycles. The van der Waals surface area contributed by atoms with Gasteiger partial charge in [0, 0.05) is 4.90 Å². The second kappa shape index (κ2) is 9.07. The Morgan fingerprint density at radius 3 is 2.35 bits per heavy atom. The first-order valence-electron chi connectivity index (χ1n) is 6.51. The van der Waals surface area contributed by atoms with Crippen LogP contribution in [0.1, 0.15) is 18.0 Å². The van der Waals surface area contributed by atoms with Crippen LogP contribution in [-0.4, -0.2) is 40.9 Å². The monoisotopic (exact) mass is 367 g/mol. The van der Waals surface area contributed by atoms with Crippen LogP contribution in [0, 0.1) is 0 Å².